The molecule has 1 aliphatic heterocycles. The number of nitrogens with one attached hydrogen (secondary N) is 1. The Morgan fingerprint density at radius 1 is 1.33 bits per heavy atom. The molecule has 0 saturated carbocycles. The fraction of sp³-hybridized carbons (Fsp3) is 0.538. The van der Waals surface area contributed by atoms with Gasteiger partial charge in [0.25, 0.3) is 0 Å². The molecule has 1 aromatic rings. The van der Waals surface area contributed by atoms with E-state index >= 15 is 0 Å². The minimum absolute atomic E-state index is 0.164. The molecule has 0 spiro atoms. The van der Waals surface area contributed by atoms with Crippen LogP contribution in [-0.4, -0.2) is 18.3 Å². The van der Waals surface area contributed by atoms with E-state index in [1.165, 1.54) is 24.0 Å². The van der Waals surface area contributed by atoms with Gasteiger partial charge in [-0.2, -0.15) is 0 Å². The molecule has 0 aromatic heterocycles. The second-order valence-corrected chi connectivity index (χ2v) is 4.53. The molecule has 1 aromatic carbocycles. The highest BCUT2D eigenvalue weighted by Crippen LogP contribution is 2.30. The average Bonchev–Trinajstić information content (AvgIpc) is 2.68. The van der Waals surface area contributed by atoms with Crippen LogP contribution in [0.4, 0.5) is 0 Å². The van der Waals surface area contributed by atoms with Gasteiger partial charge in [0.2, 0.25) is 0 Å². The van der Waals surface area contributed by atoms with E-state index in [2.05, 4.69) is 36.5 Å². The Balaban J connectivity index is 2.15. The van der Waals surface area contributed by atoms with Crippen LogP contribution in [0.5, 0.6) is 0 Å². The predicted molar refractivity (Wildman–Crippen MR) is 61.8 cm³/mol. The Morgan fingerprint density at radius 2 is 2.07 bits per heavy atom. The fourth-order valence-corrected chi connectivity index (χ4v) is 2.31. The Kier molecular flexibility index (Phi) is 3.08. The van der Waals surface area contributed by atoms with Crippen molar-refractivity contribution >= 4 is 0 Å². The van der Waals surface area contributed by atoms with Crippen molar-refractivity contribution in [2.75, 3.05) is 13.2 Å². The van der Waals surface area contributed by atoms with Gasteiger partial charge in [-0.3, -0.25) is 0 Å². The lowest BCUT2D eigenvalue weighted by molar-refractivity contribution is 0.299. The van der Waals surface area contributed by atoms with Crippen molar-refractivity contribution in [2.24, 2.45) is 0 Å². The zero-order valence-corrected chi connectivity index (χ0v) is 9.29. The van der Waals surface area contributed by atoms with Gasteiger partial charge >= 0.3 is 0 Å². The number of aliphatic hydroxyl groups excluding tert-OH is 1. The first-order chi connectivity index (χ1) is 7.24. The van der Waals surface area contributed by atoms with Crippen molar-refractivity contribution in [2.45, 2.75) is 31.7 Å². The molecule has 0 amide bonds. The van der Waals surface area contributed by atoms with E-state index in [0.717, 1.165) is 13.0 Å². The van der Waals surface area contributed by atoms with Crippen molar-refractivity contribution in [3.63, 3.8) is 0 Å². The number of aliphatic hydroxyl groups is 1. The van der Waals surface area contributed by atoms with Crippen LogP contribution in [0.15, 0.2) is 24.3 Å². The van der Waals surface area contributed by atoms with Crippen molar-refractivity contribution in [1.82, 2.24) is 5.32 Å². The topological polar surface area (TPSA) is 32.3 Å². The summed E-state index contributed by atoms with van der Waals surface area (Å²) >= 11 is 0. The van der Waals surface area contributed by atoms with Crippen LogP contribution >= 0.6 is 0 Å². The maximum Gasteiger partial charge on any atom is 0.0471 e. The third-order valence-electron chi connectivity index (χ3n) is 3.36. The second kappa shape index (κ2) is 4.33. The highest BCUT2D eigenvalue weighted by Gasteiger charge is 2.29. The maximum absolute atomic E-state index is 8.84. The first-order valence-electron chi connectivity index (χ1n) is 5.70. The SMILES string of the molecule is CC1(c2ccc(CCO)cc2)CCCN1. The molecule has 1 unspecified atom stereocenters. The van der Waals surface area contributed by atoms with Gasteiger partial charge in [-0.05, 0) is 43.9 Å². The normalized spacial score (nSPS) is 25.7. The van der Waals surface area contributed by atoms with Gasteiger partial charge < -0.3 is 10.4 Å². The second-order valence-electron chi connectivity index (χ2n) is 4.53. The maximum atomic E-state index is 8.84. The molecule has 1 fully saturated rings. The number of hydrogen-bond donors (Lipinski definition) is 2. The van der Waals surface area contributed by atoms with Gasteiger partial charge in [0, 0.05) is 12.1 Å². The van der Waals surface area contributed by atoms with Gasteiger partial charge in [-0.25, -0.2) is 0 Å². The zero-order chi connectivity index (χ0) is 10.7. The summed E-state index contributed by atoms with van der Waals surface area (Å²) in [6.07, 6.45) is 3.23. The highest BCUT2D eigenvalue weighted by atomic mass is 16.2. The van der Waals surface area contributed by atoms with E-state index in [1.807, 2.05) is 0 Å². The lowest BCUT2D eigenvalue weighted by Gasteiger charge is -2.25. The van der Waals surface area contributed by atoms with Gasteiger partial charge in [-0.15, -0.1) is 0 Å². The Bertz CT molecular complexity index is 312. The van der Waals surface area contributed by atoms with E-state index in [-0.39, 0.29) is 12.1 Å². The highest BCUT2D eigenvalue weighted by molar-refractivity contribution is 5.29. The quantitative estimate of drug-likeness (QED) is 0.789. The van der Waals surface area contributed by atoms with Crippen molar-refractivity contribution in [1.29, 1.82) is 0 Å². The Morgan fingerprint density at radius 3 is 2.60 bits per heavy atom. The van der Waals surface area contributed by atoms with E-state index < -0.39 is 0 Å². The molecule has 1 atom stereocenters. The minimum Gasteiger partial charge on any atom is -0.396 e. The van der Waals surface area contributed by atoms with Crippen LogP contribution in [-0.2, 0) is 12.0 Å². The lowest BCUT2D eigenvalue weighted by Crippen LogP contribution is -2.32. The summed E-state index contributed by atoms with van der Waals surface area (Å²) in [4.78, 5) is 0. The van der Waals surface area contributed by atoms with E-state index in [1.54, 1.807) is 0 Å². The van der Waals surface area contributed by atoms with Crippen LogP contribution in [0.3, 0.4) is 0 Å². The molecule has 2 N–H and O–H groups in total. The summed E-state index contributed by atoms with van der Waals surface area (Å²) in [7, 11) is 0. The molecule has 0 aliphatic carbocycles. The van der Waals surface area contributed by atoms with E-state index in [4.69, 9.17) is 5.11 Å². The smallest absolute Gasteiger partial charge is 0.0471 e. The largest absolute Gasteiger partial charge is 0.396 e. The lowest BCUT2D eigenvalue weighted by atomic mass is 9.90. The molecule has 0 bridgehead atoms. The molecule has 1 aliphatic rings. The molecule has 82 valence electrons. The van der Waals surface area contributed by atoms with Crippen LogP contribution in [0.2, 0.25) is 0 Å². The van der Waals surface area contributed by atoms with Gasteiger partial charge in [0.1, 0.15) is 0 Å². The van der Waals surface area contributed by atoms with Gasteiger partial charge in [0.15, 0.2) is 0 Å². The third-order valence-corrected chi connectivity index (χ3v) is 3.36. The molecule has 2 nitrogen and oxygen atoms in total. The van der Waals surface area contributed by atoms with Crippen molar-refractivity contribution in [3.8, 4) is 0 Å². The molecule has 15 heavy (non-hydrogen) atoms. The van der Waals surface area contributed by atoms with Crippen molar-refractivity contribution < 1.29 is 5.11 Å². The fourth-order valence-electron chi connectivity index (χ4n) is 2.31. The molecular formula is C13H19NO. The zero-order valence-electron chi connectivity index (χ0n) is 9.29. The summed E-state index contributed by atoms with van der Waals surface area (Å²) in [6, 6.07) is 8.61. The number of rotatable bonds is 3. The first-order valence-corrected chi connectivity index (χ1v) is 5.70. The van der Waals surface area contributed by atoms with Crippen LogP contribution in [0, 0.1) is 0 Å². The Labute approximate surface area is 91.3 Å². The molecular weight excluding hydrogens is 186 g/mol. The first kappa shape index (κ1) is 10.7. The minimum atomic E-state index is 0.164. The summed E-state index contributed by atoms with van der Waals surface area (Å²) in [5.74, 6) is 0. The average molecular weight is 205 g/mol. The van der Waals surface area contributed by atoms with Crippen LogP contribution in [0.1, 0.15) is 30.9 Å². The third kappa shape index (κ3) is 2.21. The summed E-state index contributed by atoms with van der Waals surface area (Å²) in [6.45, 7) is 3.62. The van der Waals surface area contributed by atoms with Gasteiger partial charge in [0.05, 0.1) is 0 Å². The summed E-state index contributed by atoms with van der Waals surface area (Å²) in [5.41, 5.74) is 2.74. The molecule has 1 heterocycles. The standard InChI is InChI=1S/C13H19NO/c1-13(8-2-9-14-13)12-5-3-11(4-6-12)7-10-15/h3-6,14-15H,2,7-10H2,1H3. The molecule has 2 rings (SSSR count). The molecule has 1 saturated heterocycles. The number of hydrogen-bond acceptors (Lipinski definition) is 2. The summed E-state index contributed by atoms with van der Waals surface area (Å²) < 4.78 is 0. The molecule has 2 heteroatoms. The van der Waals surface area contributed by atoms with Crippen LogP contribution < -0.4 is 5.32 Å². The predicted octanol–water partition coefficient (Wildman–Crippen LogP) is 1.82. The van der Waals surface area contributed by atoms with E-state index in [0.29, 0.717) is 0 Å². The number of benzene rings is 1. The Hall–Kier alpha value is -0.860. The molecule has 0 radical (unpaired) electrons. The summed E-state index contributed by atoms with van der Waals surface area (Å²) in [5, 5.41) is 12.4. The van der Waals surface area contributed by atoms with E-state index in [9.17, 15) is 0 Å². The van der Waals surface area contributed by atoms with Crippen LogP contribution in [0.25, 0.3) is 0 Å². The monoisotopic (exact) mass is 205 g/mol. The van der Waals surface area contributed by atoms with Crippen molar-refractivity contribution in [3.05, 3.63) is 35.4 Å². The van der Waals surface area contributed by atoms with Gasteiger partial charge in [-0.1, -0.05) is 24.3 Å².